The highest BCUT2D eigenvalue weighted by Crippen LogP contribution is 2.41. The number of rotatable bonds is 5. The maximum absolute atomic E-state index is 5.23. The summed E-state index contributed by atoms with van der Waals surface area (Å²) in [5.41, 5.74) is 0.768. The maximum Gasteiger partial charge on any atom is 0.231 e. The fourth-order valence-electron chi connectivity index (χ4n) is 3.52. The number of nitrogens with zero attached hydrogens (tertiary/aromatic N) is 7. The first kappa shape index (κ1) is 16.1. The molecule has 0 aromatic carbocycles. The van der Waals surface area contributed by atoms with Crippen LogP contribution in [0.4, 0.5) is 0 Å². The molecule has 1 saturated carbocycles. The van der Waals surface area contributed by atoms with Gasteiger partial charge in [-0.25, -0.2) is 0 Å². The standard InChI is InChI=1S/C17H21N7OS/c1-25-14-5-4-13-18-20-16(24(13)22-14)11-6-8-23(9-7-11)10-15-19-21-17(26-15)12-2-3-12/h4-5,11-12H,2-3,6-10H2,1H3. The van der Waals surface area contributed by atoms with Crippen LogP contribution in [0.3, 0.4) is 0 Å². The minimum atomic E-state index is 0.373. The van der Waals surface area contributed by atoms with E-state index in [2.05, 4.69) is 30.4 Å². The lowest BCUT2D eigenvalue weighted by molar-refractivity contribution is 0.200. The van der Waals surface area contributed by atoms with Gasteiger partial charge in [0.2, 0.25) is 5.88 Å². The number of aromatic nitrogens is 6. The van der Waals surface area contributed by atoms with Crippen molar-refractivity contribution in [3.8, 4) is 5.88 Å². The van der Waals surface area contributed by atoms with Crippen molar-refractivity contribution < 1.29 is 4.74 Å². The molecule has 3 aromatic rings. The second-order valence-corrected chi connectivity index (χ2v) is 8.16. The van der Waals surface area contributed by atoms with E-state index in [-0.39, 0.29) is 0 Å². The molecule has 0 radical (unpaired) electrons. The summed E-state index contributed by atoms with van der Waals surface area (Å²) in [6, 6.07) is 3.71. The minimum absolute atomic E-state index is 0.373. The number of fused-ring (bicyclic) bond motifs is 1. The van der Waals surface area contributed by atoms with E-state index in [0.29, 0.717) is 17.7 Å². The molecule has 1 aliphatic carbocycles. The Balaban J connectivity index is 1.25. The first-order valence-electron chi connectivity index (χ1n) is 9.11. The quantitative estimate of drug-likeness (QED) is 0.680. The van der Waals surface area contributed by atoms with Gasteiger partial charge in [0.1, 0.15) is 10.0 Å². The Kier molecular flexibility index (Phi) is 4.05. The molecular formula is C17H21N7OS. The van der Waals surface area contributed by atoms with Crippen LogP contribution in [0.25, 0.3) is 5.65 Å². The summed E-state index contributed by atoms with van der Waals surface area (Å²) in [7, 11) is 1.62. The average Bonchev–Trinajstić information content (AvgIpc) is 3.28. The lowest BCUT2D eigenvalue weighted by atomic mass is 9.96. The van der Waals surface area contributed by atoms with Crippen LogP contribution in [0.15, 0.2) is 12.1 Å². The van der Waals surface area contributed by atoms with Crippen LogP contribution in [-0.2, 0) is 6.54 Å². The number of hydrogen-bond donors (Lipinski definition) is 0. The Bertz CT molecular complexity index is 911. The highest BCUT2D eigenvalue weighted by molar-refractivity contribution is 7.11. The van der Waals surface area contributed by atoms with Crippen molar-refractivity contribution in [2.45, 2.75) is 44.1 Å². The molecule has 4 heterocycles. The molecule has 0 unspecified atom stereocenters. The van der Waals surface area contributed by atoms with Gasteiger partial charge in [-0.1, -0.05) is 11.3 Å². The Morgan fingerprint density at radius 2 is 1.88 bits per heavy atom. The second-order valence-electron chi connectivity index (χ2n) is 7.06. The molecular weight excluding hydrogens is 350 g/mol. The second kappa shape index (κ2) is 6.55. The van der Waals surface area contributed by atoms with Gasteiger partial charge in [-0.05, 0) is 44.8 Å². The van der Waals surface area contributed by atoms with Crippen LogP contribution in [0.1, 0.15) is 53.4 Å². The third kappa shape index (κ3) is 3.05. The zero-order valence-corrected chi connectivity index (χ0v) is 15.5. The third-order valence-electron chi connectivity index (χ3n) is 5.19. The molecule has 0 amide bonds. The van der Waals surface area contributed by atoms with Gasteiger partial charge < -0.3 is 4.74 Å². The van der Waals surface area contributed by atoms with Crippen LogP contribution in [0.5, 0.6) is 5.88 Å². The first-order chi connectivity index (χ1) is 12.8. The van der Waals surface area contributed by atoms with E-state index in [4.69, 9.17) is 4.74 Å². The third-order valence-corrected chi connectivity index (χ3v) is 6.26. The number of ether oxygens (including phenoxy) is 1. The van der Waals surface area contributed by atoms with Gasteiger partial charge in [-0.2, -0.15) is 4.52 Å². The minimum Gasteiger partial charge on any atom is -0.480 e. The van der Waals surface area contributed by atoms with Crippen LogP contribution in [0, 0.1) is 0 Å². The molecule has 8 nitrogen and oxygen atoms in total. The van der Waals surface area contributed by atoms with E-state index in [1.807, 2.05) is 16.6 Å². The van der Waals surface area contributed by atoms with Crippen LogP contribution in [-0.4, -0.2) is 55.1 Å². The SMILES string of the molecule is COc1ccc2nnc(C3CCN(Cc4nnc(C5CC5)s4)CC3)n2n1. The van der Waals surface area contributed by atoms with Crippen LogP contribution >= 0.6 is 11.3 Å². The molecule has 0 atom stereocenters. The van der Waals surface area contributed by atoms with E-state index >= 15 is 0 Å². The zero-order chi connectivity index (χ0) is 17.5. The Labute approximate surface area is 155 Å². The molecule has 2 fully saturated rings. The molecule has 2 aliphatic rings. The first-order valence-corrected chi connectivity index (χ1v) is 9.93. The summed E-state index contributed by atoms with van der Waals surface area (Å²) in [5, 5.41) is 24.2. The molecule has 3 aromatic heterocycles. The van der Waals surface area contributed by atoms with Crippen LogP contribution < -0.4 is 4.74 Å². The molecule has 0 bridgehead atoms. The summed E-state index contributed by atoms with van der Waals surface area (Å²) in [6.07, 6.45) is 4.66. The van der Waals surface area contributed by atoms with Gasteiger partial charge in [0.25, 0.3) is 0 Å². The molecule has 26 heavy (non-hydrogen) atoms. The van der Waals surface area contributed by atoms with Gasteiger partial charge in [0.05, 0.1) is 13.7 Å². The predicted octanol–water partition coefficient (Wildman–Crippen LogP) is 2.24. The normalized spacial score (nSPS) is 19.3. The fourth-order valence-corrected chi connectivity index (χ4v) is 4.57. The monoisotopic (exact) mass is 371 g/mol. The number of piperidine rings is 1. The smallest absolute Gasteiger partial charge is 0.231 e. The molecule has 1 aliphatic heterocycles. The van der Waals surface area contributed by atoms with E-state index in [0.717, 1.165) is 49.0 Å². The summed E-state index contributed by atoms with van der Waals surface area (Å²) >= 11 is 1.79. The lowest BCUT2D eigenvalue weighted by Gasteiger charge is -2.30. The number of likely N-dealkylation sites (tertiary alicyclic amines) is 1. The maximum atomic E-state index is 5.23. The predicted molar refractivity (Wildman–Crippen MR) is 96.5 cm³/mol. The van der Waals surface area contributed by atoms with E-state index in [1.54, 1.807) is 18.4 Å². The highest BCUT2D eigenvalue weighted by Gasteiger charge is 2.29. The summed E-state index contributed by atoms with van der Waals surface area (Å²) < 4.78 is 7.06. The number of hydrogen-bond acceptors (Lipinski definition) is 8. The molecule has 0 spiro atoms. The Hall–Kier alpha value is -2.13. The highest BCUT2D eigenvalue weighted by atomic mass is 32.1. The average molecular weight is 371 g/mol. The molecule has 0 N–H and O–H groups in total. The zero-order valence-electron chi connectivity index (χ0n) is 14.7. The van der Waals surface area contributed by atoms with Gasteiger partial charge in [0, 0.05) is 17.9 Å². The molecule has 1 saturated heterocycles. The van der Waals surface area contributed by atoms with Crippen molar-refractivity contribution >= 4 is 17.0 Å². The molecule has 9 heteroatoms. The van der Waals surface area contributed by atoms with Crippen molar-refractivity contribution in [1.82, 2.24) is 34.9 Å². The van der Waals surface area contributed by atoms with Crippen molar-refractivity contribution in [3.05, 3.63) is 28.0 Å². The van der Waals surface area contributed by atoms with Gasteiger partial charge >= 0.3 is 0 Å². The van der Waals surface area contributed by atoms with Crippen LogP contribution in [0.2, 0.25) is 0 Å². The molecule has 136 valence electrons. The summed E-state index contributed by atoms with van der Waals surface area (Å²) in [5.74, 6) is 2.58. The largest absolute Gasteiger partial charge is 0.480 e. The Morgan fingerprint density at radius 1 is 1.04 bits per heavy atom. The summed E-state index contributed by atoms with van der Waals surface area (Å²) in [6.45, 7) is 2.97. The molecule has 5 rings (SSSR count). The lowest BCUT2D eigenvalue weighted by Crippen LogP contribution is -2.33. The van der Waals surface area contributed by atoms with Gasteiger partial charge in [-0.15, -0.1) is 25.5 Å². The van der Waals surface area contributed by atoms with Gasteiger partial charge in [0.15, 0.2) is 11.5 Å². The van der Waals surface area contributed by atoms with Crippen molar-refractivity contribution in [2.24, 2.45) is 0 Å². The summed E-state index contributed by atoms with van der Waals surface area (Å²) in [4.78, 5) is 2.46. The van der Waals surface area contributed by atoms with Gasteiger partial charge in [-0.3, -0.25) is 4.90 Å². The Morgan fingerprint density at radius 3 is 2.65 bits per heavy atom. The topological polar surface area (TPSA) is 81.3 Å². The number of methoxy groups -OCH3 is 1. The van der Waals surface area contributed by atoms with Crippen molar-refractivity contribution in [3.63, 3.8) is 0 Å². The van der Waals surface area contributed by atoms with E-state index in [1.165, 1.54) is 17.8 Å². The van der Waals surface area contributed by atoms with Crippen molar-refractivity contribution in [1.29, 1.82) is 0 Å². The van der Waals surface area contributed by atoms with Crippen molar-refractivity contribution in [2.75, 3.05) is 20.2 Å². The fraction of sp³-hybridized carbons (Fsp3) is 0.588. The van der Waals surface area contributed by atoms with E-state index < -0.39 is 0 Å². The van der Waals surface area contributed by atoms with E-state index in [9.17, 15) is 0 Å².